The van der Waals surface area contributed by atoms with E-state index in [0.717, 1.165) is 0 Å². The van der Waals surface area contributed by atoms with E-state index in [1.807, 2.05) is 13.1 Å². The van der Waals surface area contributed by atoms with Crippen molar-refractivity contribution in [3.05, 3.63) is 41.1 Å². The van der Waals surface area contributed by atoms with Gasteiger partial charge in [-0.05, 0) is 26.8 Å². The molecule has 0 bridgehead atoms. The molecule has 0 unspecified atom stereocenters. The predicted octanol–water partition coefficient (Wildman–Crippen LogP) is 2.41. The first-order chi connectivity index (χ1) is 11.7. The Hall–Kier alpha value is -3.03. The second kappa shape index (κ2) is 5.80. The minimum Gasteiger partial charge on any atom is -0.444 e. The highest BCUT2D eigenvalue weighted by Crippen LogP contribution is 2.23. The van der Waals surface area contributed by atoms with E-state index in [1.54, 1.807) is 61.7 Å². The standard InChI is InChI=1S/C17H21N5O3/c1-17(2,3)25-16(24)18-11-10-20(4)12-6-9-22(15(23)14(11)12)13-7-8-21(5)19-13/h6-10H,1-5H3,(H,18,24). The van der Waals surface area contributed by atoms with Crippen LogP contribution in [0.15, 0.2) is 35.5 Å². The zero-order valence-electron chi connectivity index (χ0n) is 14.9. The van der Waals surface area contributed by atoms with Crippen LogP contribution in [0.4, 0.5) is 10.5 Å². The minimum atomic E-state index is -0.622. The SMILES string of the molecule is Cn1ccc(-n2ccc3c(c(NC(=O)OC(C)(C)C)cn3C)c2=O)n1. The second-order valence-electron chi connectivity index (χ2n) is 6.88. The van der Waals surface area contributed by atoms with E-state index in [0.29, 0.717) is 22.4 Å². The molecular weight excluding hydrogens is 322 g/mol. The molecule has 0 fully saturated rings. The van der Waals surface area contributed by atoms with Crippen LogP contribution in [-0.4, -0.2) is 30.6 Å². The van der Waals surface area contributed by atoms with Crippen LogP contribution in [-0.2, 0) is 18.8 Å². The molecule has 1 amide bonds. The number of nitrogens with zero attached hydrogens (tertiary/aromatic N) is 4. The zero-order chi connectivity index (χ0) is 18.4. The summed E-state index contributed by atoms with van der Waals surface area (Å²) in [5.74, 6) is 0.515. The normalized spacial score (nSPS) is 11.7. The summed E-state index contributed by atoms with van der Waals surface area (Å²) in [7, 11) is 3.60. The van der Waals surface area contributed by atoms with Crippen molar-refractivity contribution in [2.75, 3.05) is 5.32 Å². The lowest BCUT2D eigenvalue weighted by Crippen LogP contribution is -2.27. The highest BCUT2D eigenvalue weighted by Gasteiger charge is 2.20. The summed E-state index contributed by atoms with van der Waals surface area (Å²) < 4.78 is 10.1. The lowest BCUT2D eigenvalue weighted by Gasteiger charge is -2.19. The van der Waals surface area contributed by atoms with Crippen LogP contribution < -0.4 is 10.9 Å². The maximum Gasteiger partial charge on any atom is 0.412 e. The molecule has 0 atom stereocenters. The van der Waals surface area contributed by atoms with Gasteiger partial charge >= 0.3 is 6.09 Å². The molecule has 0 spiro atoms. The van der Waals surface area contributed by atoms with Crippen LogP contribution in [0, 0.1) is 0 Å². The summed E-state index contributed by atoms with van der Waals surface area (Å²) in [4.78, 5) is 25.0. The zero-order valence-corrected chi connectivity index (χ0v) is 14.9. The third-order valence-corrected chi connectivity index (χ3v) is 3.62. The molecule has 8 nitrogen and oxygen atoms in total. The van der Waals surface area contributed by atoms with Gasteiger partial charge in [0.1, 0.15) is 5.60 Å². The molecule has 0 aliphatic rings. The van der Waals surface area contributed by atoms with Crippen molar-refractivity contribution in [1.82, 2.24) is 18.9 Å². The van der Waals surface area contributed by atoms with Gasteiger partial charge in [-0.25, -0.2) is 4.79 Å². The number of carbonyl (C=O) groups excluding carboxylic acids is 1. The maximum atomic E-state index is 12.9. The van der Waals surface area contributed by atoms with Crippen molar-refractivity contribution < 1.29 is 9.53 Å². The Kier molecular flexibility index (Phi) is 3.90. The van der Waals surface area contributed by atoms with Crippen molar-refractivity contribution in [2.45, 2.75) is 26.4 Å². The number of hydrogen-bond donors (Lipinski definition) is 1. The van der Waals surface area contributed by atoms with Gasteiger partial charge in [-0.15, -0.1) is 0 Å². The minimum absolute atomic E-state index is 0.261. The van der Waals surface area contributed by atoms with Gasteiger partial charge in [0.05, 0.1) is 16.6 Å². The van der Waals surface area contributed by atoms with Crippen LogP contribution in [0.2, 0.25) is 0 Å². The first-order valence-corrected chi connectivity index (χ1v) is 7.86. The van der Waals surface area contributed by atoms with E-state index in [4.69, 9.17) is 4.74 Å². The number of aromatic nitrogens is 4. The summed E-state index contributed by atoms with van der Waals surface area (Å²) in [6, 6.07) is 3.56. The number of carbonyl (C=O) groups is 1. The number of fused-ring (bicyclic) bond motifs is 1. The van der Waals surface area contributed by atoms with E-state index >= 15 is 0 Å². The van der Waals surface area contributed by atoms with Gasteiger partial charge in [-0.2, -0.15) is 5.10 Å². The average molecular weight is 343 g/mol. The largest absolute Gasteiger partial charge is 0.444 e. The molecule has 0 aliphatic carbocycles. The fourth-order valence-corrected chi connectivity index (χ4v) is 2.62. The van der Waals surface area contributed by atoms with E-state index in [9.17, 15) is 9.59 Å². The van der Waals surface area contributed by atoms with E-state index in [2.05, 4.69) is 10.4 Å². The Morgan fingerprint density at radius 3 is 2.52 bits per heavy atom. The molecule has 3 aromatic heterocycles. The molecule has 1 N–H and O–H groups in total. The Morgan fingerprint density at radius 2 is 1.92 bits per heavy atom. The smallest absolute Gasteiger partial charge is 0.412 e. The summed E-state index contributed by atoms with van der Waals surface area (Å²) in [5, 5.41) is 7.33. The van der Waals surface area contributed by atoms with Crippen molar-refractivity contribution in [2.24, 2.45) is 14.1 Å². The summed E-state index contributed by atoms with van der Waals surface area (Å²) in [6.45, 7) is 5.34. The number of aryl methyl sites for hydroxylation is 2. The van der Waals surface area contributed by atoms with Crippen LogP contribution >= 0.6 is 0 Å². The molecule has 132 valence electrons. The lowest BCUT2D eigenvalue weighted by atomic mass is 10.2. The van der Waals surface area contributed by atoms with Gasteiger partial charge in [-0.1, -0.05) is 0 Å². The second-order valence-corrected chi connectivity index (χ2v) is 6.88. The van der Waals surface area contributed by atoms with Crippen molar-refractivity contribution in [3.63, 3.8) is 0 Å². The van der Waals surface area contributed by atoms with Gasteiger partial charge < -0.3 is 9.30 Å². The molecule has 8 heteroatoms. The lowest BCUT2D eigenvalue weighted by molar-refractivity contribution is 0.0636. The van der Waals surface area contributed by atoms with Crippen molar-refractivity contribution in [1.29, 1.82) is 0 Å². The van der Waals surface area contributed by atoms with E-state index < -0.39 is 11.7 Å². The van der Waals surface area contributed by atoms with Crippen LogP contribution in [0.25, 0.3) is 16.7 Å². The fourth-order valence-electron chi connectivity index (χ4n) is 2.62. The molecular formula is C17H21N5O3. The Balaban J connectivity index is 2.08. The molecule has 3 rings (SSSR count). The molecule has 0 radical (unpaired) electrons. The number of nitrogens with one attached hydrogen (secondary N) is 1. The Bertz CT molecular complexity index is 1000. The van der Waals surface area contributed by atoms with Gasteiger partial charge in [-0.3, -0.25) is 19.4 Å². The van der Waals surface area contributed by atoms with Crippen LogP contribution in [0.1, 0.15) is 20.8 Å². The summed E-state index contributed by atoms with van der Waals surface area (Å²) in [5.41, 5.74) is 0.233. The monoisotopic (exact) mass is 343 g/mol. The van der Waals surface area contributed by atoms with Crippen LogP contribution in [0.5, 0.6) is 0 Å². The number of anilines is 1. The third kappa shape index (κ3) is 3.28. The predicted molar refractivity (Wildman–Crippen MR) is 95.1 cm³/mol. The number of amides is 1. The number of ether oxygens (including phenoxy) is 1. The Morgan fingerprint density at radius 1 is 1.20 bits per heavy atom. The van der Waals surface area contributed by atoms with Gasteiger partial charge in [0.15, 0.2) is 5.82 Å². The van der Waals surface area contributed by atoms with Gasteiger partial charge in [0.2, 0.25) is 0 Å². The highest BCUT2D eigenvalue weighted by atomic mass is 16.6. The average Bonchev–Trinajstić information content (AvgIpc) is 3.02. The van der Waals surface area contributed by atoms with E-state index in [1.165, 1.54) is 4.57 Å². The quantitative estimate of drug-likeness (QED) is 0.774. The van der Waals surface area contributed by atoms with E-state index in [-0.39, 0.29) is 5.56 Å². The molecule has 25 heavy (non-hydrogen) atoms. The molecule has 3 aromatic rings. The first kappa shape index (κ1) is 16.8. The van der Waals surface area contributed by atoms with Gasteiger partial charge in [0.25, 0.3) is 5.56 Å². The van der Waals surface area contributed by atoms with Crippen LogP contribution in [0.3, 0.4) is 0 Å². The molecule has 0 aliphatic heterocycles. The Labute approximate surface area is 144 Å². The van der Waals surface area contributed by atoms with Crippen molar-refractivity contribution in [3.8, 4) is 5.82 Å². The summed E-state index contributed by atoms with van der Waals surface area (Å²) in [6.07, 6.45) is 4.52. The third-order valence-electron chi connectivity index (χ3n) is 3.62. The number of rotatable bonds is 2. The maximum absolute atomic E-state index is 12.9. The molecule has 3 heterocycles. The highest BCUT2D eigenvalue weighted by molar-refractivity contribution is 5.99. The molecule has 0 aromatic carbocycles. The first-order valence-electron chi connectivity index (χ1n) is 7.86. The fraction of sp³-hybridized carbons (Fsp3) is 0.353. The molecule has 0 saturated carbocycles. The summed E-state index contributed by atoms with van der Waals surface area (Å²) >= 11 is 0. The topological polar surface area (TPSA) is 83.1 Å². The number of hydrogen-bond acceptors (Lipinski definition) is 4. The number of pyridine rings is 1. The van der Waals surface area contributed by atoms with Gasteiger partial charge in [0, 0.05) is 38.8 Å². The van der Waals surface area contributed by atoms with Crippen molar-refractivity contribution >= 4 is 22.7 Å². The molecule has 0 saturated heterocycles.